The van der Waals surface area contributed by atoms with Gasteiger partial charge in [0.2, 0.25) is 5.91 Å². The molecule has 0 atom stereocenters. The van der Waals surface area contributed by atoms with Crippen molar-refractivity contribution >= 4 is 16.8 Å². The SMILES string of the molecule is Cc1cc(-c2[nH]c3ccc(C4CCN(CC(=O)NCC(F)(F)F)CC4)cc3c2C(C)C)cc(C)n1. The van der Waals surface area contributed by atoms with Crippen molar-refractivity contribution in [2.75, 3.05) is 26.2 Å². The summed E-state index contributed by atoms with van der Waals surface area (Å²) in [6.07, 6.45) is -2.65. The maximum Gasteiger partial charge on any atom is 0.405 e. The van der Waals surface area contributed by atoms with Gasteiger partial charge in [0, 0.05) is 27.9 Å². The van der Waals surface area contributed by atoms with E-state index < -0.39 is 18.6 Å². The van der Waals surface area contributed by atoms with Crippen LogP contribution < -0.4 is 5.32 Å². The topological polar surface area (TPSA) is 61.0 Å². The van der Waals surface area contributed by atoms with Crippen molar-refractivity contribution < 1.29 is 18.0 Å². The van der Waals surface area contributed by atoms with Gasteiger partial charge in [0.05, 0.1) is 12.2 Å². The smallest absolute Gasteiger partial charge is 0.354 e. The van der Waals surface area contributed by atoms with E-state index in [1.54, 1.807) is 0 Å². The van der Waals surface area contributed by atoms with Crippen LogP contribution in [0.5, 0.6) is 0 Å². The molecule has 0 bridgehead atoms. The Morgan fingerprint density at radius 2 is 1.80 bits per heavy atom. The molecular formula is C27H33F3N4O. The van der Waals surface area contributed by atoms with E-state index in [2.05, 4.69) is 54.1 Å². The maximum atomic E-state index is 12.3. The monoisotopic (exact) mass is 486 g/mol. The van der Waals surface area contributed by atoms with E-state index >= 15 is 0 Å². The molecule has 1 amide bonds. The van der Waals surface area contributed by atoms with Crippen molar-refractivity contribution in [1.29, 1.82) is 0 Å². The summed E-state index contributed by atoms with van der Waals surface area (Å²) in [5, 5.41) is 3.19. The molecule has 188 valence electrons. The summed E-state index contributed by atoms with van der Waals surface area (Å²) in [5.41, 5.74) is 7.95. The Hall–Kier alpha value is -2.87. The minimum Gasteiger partial charge on any atom is -0.354 e. The third kappa shape index (κ3) is 6.04. The summed E-state index contributed by atoms with van der Waals surface area (Å²) in [7, 11) is 0. The fourth-order valence-electron chi connectivity index (χ4n) is 5.17. The fourth-order valence-corrected chi connectivity index (χ4v) is 5.17. The van der Waals surface area contributed by atoms with Gasteiger partial charge in [0.15, 0.2) is 0 Å². The van der Waals surface area contributed by atoms with E-state index in [0.29, 0.717) is 24.9 Å². The number of rotatable bonds is 6. The van der Waals surface area contributed by atoms with Gasteiger partial charge in [-0.05, 0) is 87.0 Å². The molecule has 3 heterocycles. The van der Waals surface area contributed by atoms with Gasteiger partial charge in [-0.2, -0.15) is 13.2 Å². The van der Waals surface area contributed by atoms with Crippen LogP contribution in [0.1, 0.15) is 61.0 Å². The number of carbonyl (C=O) groups is 1. The van der Waals surface area contributed by atoms with Gasteiger partial charge in [-0.1, -0.05) is 19.9 Å². The first-order valence-corrected chi connectivity index (χ1v) is 12.2. The second kappa shape index (κ2) is 10.0. The maximum absolute atomic E-state index is 12.3. The Morgan fingerprint density at radius 3 is 2.40 bits per heavy atom. The molecule has 0 spiro atoms. The van der Waals surface area contributed by atoms with Crippen LogP contribution in [-0.2, 0) is 4.79 Å². The number of benzene rings is 1. The minimum absolute atomic E-state index is 0.00523. The van der Waals surface area contributed by atoms with E-state index in [1.807, 2.05) is 24.1 Å². The predicted octanol–water partition coefficient (Wildman–Crippen LogP) is 5.83. The highest BCUT2D eigenvalue weighted by Gasteiger charge is 2.29. The van der Waals surface area contributed by atoms with Gasteiger partial charge in [0.25, 0.3) is 0 Å². The number of nitrogens with one attached hydrogen (secondary N) is 2. The van der Waals surface area contributed by atoms with Crippen LogP contribution in [0.25, 0.3) is 22.2 Å². The van der Waals surface area contributed by atoms with Crippen LogP contribution >= 0.6 is 0 Å². The quantitative estimate of drug-likeness (QED) is 0.461. The number of hydrogen-bond donors (Lipinski definition) is 2. The zero-order chi connectivity index (χ0) is 25.3. The van der Waals surface area contributed by atoms with Crippen molar-refractivity contribution in [2.24, 2.45) is 0 Å². The van der Waals surface area contributed by atoms with Crippen LogP contribution in [0.3, 0.4) is 0 Å². The molecule has 8 heteroatoms. The van der Waals surface area contributed by atoms with Gasteiger partial charge in [-0.25, -0.2) is 0 Å². The third-order valence-electron chi connectivity index (χ3n) is 6.72. The number of aromatic nitrogens is 2. The second-order valence-corrected chi connectivity index (χ2v) is 9.95. The molecule has 1 aromatic carbocycles. The standard InChI is InChI=1S/C27H33F3N4O/c1-16(2)25-22-13-20(5-6-23(22)33-26(25)21-11-17(3)32-18(4)12-21)19-7-9-34(10-8-19)14-24(35)31-15-27(28,29)30/h5-6,11-13,16,19,33H,7-10,14-15H2,1-4H3,(H,31,35). The lowest BCUT2D eigenvalue weighted by Gasteiger charge is -2.31. The predicted molar refractivity (Wildman–Crippen MR) is 133 cm³/mol. The van der Waals surface area contributed by atoms with E-state index in [4.69, 9.17) is 0 Å². The molecule has 0 unspecified atom stereocenters. The summed E-state index contributed by atoms with van der Waals surface area (Å²) >= 11 is 0. The molecule has 0 radical (unpaired) electrons. The molecule has 35 heavy (non-hydrogen) atoms. The van der Waals surface area contributed by atoms with Crippen molar-refractivity contribution in [3.05, 3.63) is 52.8 Å². The summed E-state index contributed by atoms with van der Waals surface area (Å²) in [5.74, 6) is 0.114. The molecule has 1 aliphatic heterocycles. The first-order valence-electron chi connectivity index (χ1n) is 12.2. The number of aryl methyl sites for hydroxylation is 2. The summed E-state index contributed by atoms with van der Waals surface area (Å²) in [6, 6.07) is 10.8. The molecule has 0 aliphatic carbocycles. The van der Waals surface area contributed by atoms with Crippen LogP contribution in [0.15, 0.2) is 30.3 Å². The first kappa shape index (κ1) is 25.2. The number of pyridine rings is 1. The van der Waals surface area contributed by atoms with Gasteiger partial charge in [-0.15, -0.1) is 0 Å². The van der Waals surface area contributed by atoms with Gasteiger partial charge in [0.1, 0.15) is 6.54 Å². The molecular weight excluding hydrogens is 453 g/mol. The van der Waals surface area contributed by atoms with Crippen LogP contribution in [-0.4, -0.2) is 53.1 Å². The highest BCUT2D eigenvalue weighted by atomic mass is 19.4. The molecule has 4 rings (SSSR count). The van der Waals surface area contributed by atoms with Crippen molar-refractivity contribution in [3.8, 4) is 11.3 Å². The van der Waals surface area contributed by atoms with Crippen LogP contribution in [0.4, 0.5) is 13.2 Å². The molecule has 1 saturated heterocycles. The van der Waals surface area contributed by atoms with E-state index in [1.165, 1.54) is 16.5 Å². The normalized spacial score (nSPS) is 15.8. The molecule has 2 aromatic heterocycles. The number of halogens is 3. The minimum atomic E-state index is -4.39. The number of aromatic amines is 1. The number of hydrogen-bond acceptors (Lipinski definition) is 3. The van der Waals surface area contributed by atoms with Crippen molar-refractivity contribution in [1.82, 2.24) is 20.2 Å². The number of alkyl halides is 3. The zero-order valence-electron chi connectivity index (χ0n) is 20.7. The Morgan fingerprint density at radius 1 is 1.14 bits per heavy atom. The second-order valence-electron chi connectivity index (χ2n) is 9.95. The number of fused-ring (bicyclic) bond motifs is 1. The van der Waals surface area contributed by atoms with Gasteiger partial charge in [-0.3, -0.25) is 14.7 Å². The summed E-state index contributed by atoms with van der Waals surface area (Å²) in [6.45, 7) is 8.55. The number of piperidine rings is 1. The summed E-state index contributed by atoms with van der Waals surface area (Å²) in [4.78, 5) is 21.9. The van der Waals surface area contributed by atoms with Crippen LogP contribution in [0, 0.1) is 13.8 Å². The molecule has 1 aliphatic rings. The molecule has 1 fully saturated rings. The highest BCUT2D eigenvalue weighted by molar-refractivity contribution is 5.92. The van der Waals surface area contributed by atoms with Crippen LogP contribution in [0.2, 0.25) is 0 Å². The summed E-state index contributed by atoms with van der Waals surface area (Å²) < 4.78 is 37.0. The number of nitrogens with zero attached hydrogens (tertiary/aromatic N) is 2. The van der Waals surface area contributed by atoms with Gasteiger partial charge >= 0.3 is 6.18 Å². The fraction of sp³-hybridized carbons (Fsp3) is 0.481. The Balaban J connectivity index is 1.50. The van der Waals surface area contributed by atoms with Crippen molar-refractivity contribution in [2.45, 2.75) is 58.5 Å². The largest absolute Gasteiger partial charge is 0.405 e. The van der Waals surface area contributed by atoms with E-state index in [-0.39, 0.29) is 6.54 Å². The lowest BCUT2D eigenvalue weighted by molar-refractivity contribution is -0.139. The van der Waals surface area contributed by atoms with Gasteiger partial charge < -0.3 is 10.3 Å². The number of likely N-dealkylation sites (tertiary alicyclic amines) is 1. The number of amides is 1. The first-order chi connectivity index (χ1) is 16.5. The number of H-pyrrole nitrogens is 1. The third-order valence-corrected chi connectivity index (χ3v) is 6.72. The van der Waals surface area contributed by atoms with E-state index in [9.17, 15) is 18.0 Å². The average molecular weight is 487 g/mol. The Labute approximate surface area is 204 Å². The van der Waals surface area contributed by atoms with Crippen molar-refractivity contribution in [3.63, 3.8) is 0 Å². The molecule has 0 saturated carbocycles. The molecule has 3 aromatic rings. The molecule has 2 N–H and O–H groups in total. The Bertz CT molecular complexity index is 1190. The average Bonchev–Trinajstić information content (AvgIpc) is 3.16. The highest BCUT2D eigenvalue weighted by Crippen LogP contribution is 2.38. The lowest BCUT2D eigenvalue weighted by Crippen LogP contribution is -2.43. The Kier molecular flexibility index (Phi) is 7.22. The van der Waals surface area contributed by atoms with E-state index in [0.717, 1.165) is 41.0 Å². The lowest BCUT2D eigenvalue weighted by atomic mass is 9.87. The zero-order valence-corrected chi connectivity index (χ0v) is 20.7. The molecule has 5 nitrogen and oxygen atoms in total. The number of carbonyl (C=O) groups excluding carboxylic acids is 1.